The monoisotopic (exact) mass is 161 g/mol. The largest absolute Gasteiger partial charge is 0.397 e. The summed E-state index contributed by atoms with van der Waals surface area (Å²) in [6.07, 6.45) is 2.67. The van der Waals surface area contributed by atoms with Gasteiger partial charge in [0, 0.05) is 11.9 Å². The van der Waals surface area contributed by atoms with Crippen molar-refractivity contribution in [1.82, 2.24) is 4.98 Å². The lowest BCUT2D eigenvalue weighted by Crippen LogP contribution is -1.99. The Morgan fingerprint density at radius 3 is 2.92 bits per heavy atom. The number of rotatable bonds is 2. The molecule has 0 aliphatic heterocycles. The van der Waals surface area contributed by atoms with E-state index in [9.17, 15) is 0 Å². The molecular formula is C9H11N3. The maximum Gasteiger partial charge on any atom is 0.0862 e. The molecule has 0 bridgehead atoms. The van der Waals surface area contributed by atoms with Crippen LogP contribution in [0.5, 0.6) is 0 Å². The second-order valence-corrected chi connectivity index (χ2v) is 2.45. The molecule has 0 saturated carbocycles. The molecule has 0 spiro atoms. The van der Waals surface area contributed by atoms with Crippen molar-refractivity contribution in [3.8, 4) is 0 Å². The first kappa shape index (κ1) is 8.46. The van der Waals surface area contributed by atoms with Gasteiger partial charge >= 0.3 is 0 Å². The van der Waals surface area contributed by atoms with Crippen molar-refractivity contribution in [2.45, 2.75) is 6.92 Å². The van der Waals surface area contributed by atoms with Gasteiger partial charge in [-0.25, -0.2) is 0 Å². The summed E-state index contributed by atoms with van der Waals surface area (Å²) in [5.41, 5.74) is 7.79. The highest BCUT2D eigenvalue weighted by Gasteiger charge is 1.95. The van der Waals surface area contributed by atoms with Crippen molar-refractivity contribution in [3.63, 3.8) is 0 Å². The molecule has 0 saturated heterocycles. The van der Waals surface area contributed by atoms with Crippen LogP contribution >= 0.6 is 0 Å². The molecule has 0 aromatic carbocycles. The van der Waals surface area contributed by atoms with E-state index in [2.05, 4.69) is 4.98 Å². The molecule has 1 rings (SSSR count). The zero-order valence-corrected chi connectivity index (χ0v) is 6.91. The van der Waals surface area contributed by atoms with Gasteiger partial charge in [0.1, 0.15) is 0 Å². The average molecular weight is 161 g/mol. The highest BCUT2D eigenvalue weighted by atomic mass is 14.8. The summed E-state index contributed by atoms with van der Waals surface area (Å²) in [5, 5.41) is 6.83. The average Bonchev–Trinajstić information content (AvgIpc) is 2.05. The van der Waals surface area contributed by atoms with E-state index < -0.39 is 0 Å². The molecule has 3 N–H and O–H groups in total. The van der Waals surface area contributed by atoms with Crippen LogP contribution in [0.1, 0.15) is 11.4 Å². The Kier molecular flexibility index (Phi) is 2.58. The van der Waals surface area contributed by atoms with E-state index >= 15 is 0 Å². The van der Waals surface area contributed by atoms with Gasteiger partial charge in [0.05, 0.1) is 11.4 Å². The Morgan fingerprint density at radius 1 is 1.58 bits per heavy atom. The fraction of sp³-hybridized carbons (Fsp3) is 0.111. The van der Waals surface area contributed by atoms with Gasteiger partial charge in [-0.05, 0) is 25.1 Å². The number of nitrogens with zero attached hydrogens (tertiary/aromatic N) is 1. The first-order chi connectivity index (χ1) is 5.74. The highest BCUT2D eigenvalue weighted by molar-refractivity contribution is 5.80. The van der Waals surface area contributed by atoms with Crippen molar-refractivity contribution in [3.05, 3.63) is 35.7 Å². The maximum absolute atomic E-state index is 6.83. The Labute approximate surface area is 71.4 Å². The first-order valence-electron chi connectivity index (χ1n) is 3.64. The normalized spacial score (nSPS) is 11.2. The van der Waals surface area contributed by atoms with Gasteiger partial charge in [0.15, 0.2) is 0 Å². The summed E-state index contributed by atoms with van der Waals surface area (Å²) >= 11 is 0. The number of hydrogen-bond acceptors (Lipinski definition) is 3. The summed E-state index contributed by atoms with van der Waals surface area (Å²) in [7, 11) is 0. The van der Waals surface area contributed by atoms with E-state index in [4.69, 9.17) is 11.1 Å². The predicted octanol–water partition coefficient (Wildman–Crippen LogP) is 1.34. The number of aromatic nitrogens is 1. The third-order valence-electron chi connectivity index (χ3n) is 1.45. The molecule has 0 amide bonds. The van der Waals surface area contributed by atoms with Crippen molar-refractivity contribution in [1.29, 1.82) is 5.41 Å². The zero-order valence-electron chi connectivity index (χ0n) is 6.91. The Balaban J connectivity index is 3.03. The van der Waals surface area contributed by atoms with Crippen LogP contribution in [0.2, 0.25) is 0 Å². The maximum atomic E-state index is 6.83. The summed E-state index contributed by atoms with van der Waals surface area (Å²) in [4.78, 5) is 4.20. The smallest absolute Gasteiger partial charge is 0.0862 e. The number of nitrogens with two attached hydrogens (primary N) is 1. The van der Waals surface area contributed by atoms with Gasteiger partial charge in [0.25, 0.3) is 0 Å². The van der Waals surface area contributed by atoms with Gasteiger partial charge in [0.2, 0.25) is 0 Å². The van der Waals surface area contributed by atoms with Crippen LogP contribution in [0, 0.1) is 12.3 Å². The molecule has 62 valence electrons. The lowest BCUT2D eigenvalue weighted by Gasteiger charge is -1.99. The number of aryl methyl sites for hydroxylation is 1. The number of nitrogens with one attached hydrogen (secondary N) is 1. The van der Waals surface area contributed by atoms with Crippen LogP contribution in [0.25, 0.3) is 5.70 Å². The van der Waals surface area contributed by atoms with Crippen molar-refractivity contribution >= 4 is 11.9 Å². The summed E-state index contributed by atoms with van der Waals surface area (Å²) in [6.45, 7) is 1.90. The zero-order chi connectivity index (χ0) is 8.97. The van der Waals surface area contributed by atoms with E-state index in [1.54, 1.807) is 0 Å². The third-order valence-corrected chi connectivity index (χ3v) is 1.45. The lowest BCUT2D eigenvalue weighted by molar-refractivity contribution is 1.16. The predicted molar refractivity (Wildman–Crippen MR) is 49.9 cm³/mol. The molecule has 0 atom stereocenters. The molecule has 3 nitrogen and oxygen atoms in total. The molecule has 1 heterocycles. The minimum atomic E-state index is 0.522. The minimum absolute atomic E-state index is 0.522. The van der Waals surface area contributed by atoms with Gasteiger partial charge in [-0.15, -0.1) is 0 Å². The first-order valence-corrected chi connectivity index (χ1v) is 3.64. The molecule has 12 heavy (non-hydrogen) atoms. The van der Waals surface area contributed by atoms with E-state index in [1.807, 2.05) is 25.1 Å². The van der Waals surface area contributed by atoms with E-state index in [0.717, 1.165) is 17.6 Å². The Bertz CT molecular complexity index is 315. The number of allylic oxidation sites excluding steroid dienone is 1. The van der Waals surface area contributed by atoms with Crippen LogP contribution in [0.15, 0.2) is 24.3 Å². The minimum Gasteiger partial charge on any atom is -0.397 e. The third kappa shape index (κ3) is 1.92. The molecule has 0 aliphatic carbocycles. The molecule has 1 aromatic heterocycles. The summed E-state index contributed by atoms with van der Waals surface area (Å²) in [6, 6.07) is 5.62. The Hall–Kier alpha value is -1.64. The fourth-order valence-electron chi connectivity index (χ4n) is 0.879. The van der Waals surface area contributed by atoms with Gasteiger partial charge in [-0.2, -0.15) is 0 Å². The molecule has 0 aliphatic rings. The molecule has 0 unspecified atom stereocenters. The Morgan fingerprint density at radius 2 is 2.33 bits per heavy atom. The van der Waals surface area contributed by atoms with Crippen LogP contribution in [0.3, 0.4) is 0 Å². The molecule has 0 radical (unpaired) electrons. The lowest BCUT2D eigenvalue weighted by atomic mass is 10.2. The van der Waals surface area contributed by atoms with Crippen LogP contribution in [-0.4, -0.2) is 11.2 Å². The van der Waals surface area contributed by atoms with Gasteiger partial charge < -0.3 is 11.1 Å². The molecule has 0 fully saturated rings. The second-order valence-electron chi connectivity index (χ2n) is 2.45. The van der Waals surface area contributed by atoms with Crippen LogP contribution < -0.4 is 5.73 Å². The molecule has 3 heteroatoms. The molecular weight excluding hydrogens is 150 g/mol. The second kappa shape index (κ2) is 3.67. The summed E-state index contributed by atoms with van der Waals surface area (Å²) < 4.78 is 0. The highest BCUT2D eigenvalue weighted by Crippen LogP contribution is 2.04. The van der Waals surface area contributed by atoms with Crippen molar-refractivity contribution < 1.29 is 0 Å². The topological polar surface area (TPSA) is 62.8 Å². The van der Waals surface area contributed by atoms with Gasteiger partial charge in [-0.3, -0.25) is 4.98 Å². The van der Waals surface area contributed by atoms with E-state index in [1.165, 1.54) is 6.08 Å². The number of pyridine rings is 1. The van der Waals surface area contributed by atoms with Crippen molar-refractivity contribution in [2.75, 3.05) is 0 Å². The van der Waals surface area contributed by atoms with Gasteiger partial charge in [-0.1, -0.05) is 6.07 Å². The standard InChI is InChI=1S/C9H11N3/c1-7-3-2-4-9(12-7)8(11)5-6-10/h2-6,10H,11H2,1H3. The summed E-state index contributed by atoms with van der Waals surface area (Å²) in [5.74, 6) is 0. The fourth-order valence-corrected chi connectivity index (χ4v) is 0.879. The SMILES string of the molecule is Cc1cccc(C(N)=CC=N)n1. The molecule has 1 aromatic rings. The van der Waals surface area contributed by atoms with Crippen LogP contribution in [0.4, 0.5) is 0 Å². The van der Waals surface area contributed by atoms with Crippen molar-refractivity contribution in [2.24, 2.45) is 5.73 Å². The quantitative estimate of drug-likeness (QED) is 0.643. The van der Waals surface area contributed by atoms with E-state index in [-0.39, 0.29) is 0 Å². The van der Waals surface area contributed by atoms with E-state index in [0.29, 0.717) is 5.70 Å². The number of hydrogen-bond donors (Lipinski definition) is 2. The van der Waals surface area contributed by atoms with Crippen LogP contribution in [-0.2, 0) is 0 Å².